The quantitative estimate of drug-likeness (QED) is 0.626. The zero-order chi connectivity index (χ0) is 19.4. The Hall–Kier alpha value is -2.31. The summed E-state index contributed by atoms with van der Waals surface area (Å²) in [6.45, 7) is 16.2. The molecule has 0 spiro atoms. The minimum Gasteiger partial charge on any atom is -0.443 e. The highest BCUT2D eigenvalue weighted by Crippen LogP contribution is 2.23. The lowest BCUT2D eigenvalue weighted by molar-refractivity contribution is 0.379. The molecule has 0 aliphatic rings. The molecule has 0 bridgehead atoms. The molecule has 0 amide bonds. The second-order valence-corrected chi connectivity index (χ2v) is 8.29. The van der Waals surface area contributed by atoms with Crippen LogP contribution in [0.1, 0.15) is 71.8 Å². The molecule has 0 radical (unpaired) electrons. The number of oxazole rings is 2. The maximum atomic E-state index is 5.79. The summed E-state index contributed by atoms with van der Waals surface area (Å²) in [5.41, 5.74) is -0.118. The van der Waals surface area contributed by atoms with E-state index in [1.54, 1.807) is 12.4 Å². The Kier molecular flexibility index (Phi) is 6.10. The molecular formula is C19H31N5O2. The van der Waals surface area contributed by atoms with E-state index in [0.29, 0.717) is 30.8 Å². The van der Waals surface area contributed by atoms with E-state index in [1.807, 2.05) is 6.92 Å². The van der Waals surface area contributed by atoms with Gasteiger partial charge in [-0.2, -0.15) is 0 Å². The molecule has 0 aliphatic carbocycles. The van der Waals surface area contributed by atoms with Crippen LogP contribution in [0.4, 0.5) is 0 Å². The van der Waals surface area contributed by atoms with Gasteiger partial charge >= 0.3 is 0 Å². The molecule has 0 aliphatic heterocycles. The van der Waals surface area contributed by atoms with Crippen molar-refractivity contribution in [3.05, 3.63) is 35.7 Å². The van der Waals surface area contributed by atoms with Gasteiger partial charge in [-0.1, -0.05) is 41.5 Å². The highest BCUT2D eigenvalue weighted by molar-refractivity contribution is 5.79. The molecule has 2 aromatic heterocycles. The maximum Gasteiger partial charge on any atom is 0.216 e. The van der Waals surface area contributed by atoms with Gasteiger partial charge in [0, 0.05) is 17.4 Å². The fourth-order valence-corrected chi connectivity index (χ4v) is 2.12. The Balaban J connectivity index is 1.98. The normalized spacial score (nSPS) is 13.1. The van der Waals surface area contributed by atoms with E-state index in [-0.39, 0.29) is 10.8 Å². The molecule has 144 valence electrons. The second-order valence-electron chi connectivity index (χ2n) is 8.29. The Morgan fingerprint density at radius 2 is 1.46 bits per heavy atom. The lowest BCUT2D eigenvalue weighted by atomic mass is 9.94. The standard InChI is InChI=1S/C19H31N5O2/c1-8-20-17(23-11-15-21-9-13(25-15)18(2,3)4)24-12-16-22-10-14(26-16)19(5,6)7/h9-10H,8,11-12H2,1-7H3,(H2,20,23,24). The van der Waals surface area contributed by atoms with Crippen molar-refractivity contribution in [2.75, 3.05) is 6.54 Å². The third kappa shape index (κ3) is 5.61. The Bertz CT molecular complexity index is 732. The molecule has 0 aromatic carbocycles. The van der Waals surface area contributed by atoms with Crippen molar-refractivity contribution in [1.29, 1.82) is 0 Å². The Labute approximate surface area is 155 Å². The van der Waals surface area contributed by atoms with Crippen LogP contribution in [0.5, 0.6) is 0 Å². The molecule has 26 heavy (non-hydrogen) atoms. The number of nitrogens with one attached hydrogen (secondary N) is 2. The first kappa shape index (κ1) is 20.0. The van der Waals surface area contributed by atoms with Crippen LogP contribution in [0.3, 0.4) is 0 Å². The molecule has 0 saturated heterocycles. The van der Waals surface area contributed by atoms with Crippen molar-refractivity contribution < 1.29 is 8.83 Å². The average Bonchev–Trinajstić information content (AvgIpc) is 3.18. The third-order valence-electron chi connectivity index (χ3n) is 3.71. The van der Waals surface area contributed by atoms with Crippen LogP contribution in [-0.2, 0) is 23.9 Å². The van der Waals surface area contributed by atoms with Gasteiger partial charge in [-0.15, -0.1) is 0 Å². The van der Waals surface area contributed by atoms with Crippen LogP contribution in [0.15, 0.2) is 26.2 Å². The van der Waals surface area contributed by atoms with Crippen molar-refractivity contribution in [1.82, 2.24) is 20.6 Å². The summed E-state index contributed by atoms with van der Waals surface area (Å²) in [5, 5.41) is 6.42. The molecule has 0 fully saturated rings. The first-order valence-electron chi connectivity index (χ1n) is 9.02. The predicted molar refractivity (Wildman–Crippen MR) is 102 cm³/mol. The zero-order valence-electron chi connectivity index (χ0n) is 16.9. The molecular weight excluding hydrogens is 330 g/mol. The molecule has 2 rings (SSSR count). The molecule has 7 nitrogen and oxygen atoms in total. The van der Waals surface area contributed by atoms with E-state index in [1.165, 1.54) is 0 Å². The van der Waals surface area contributed by atoms with E-state index in [4.69, 9.17) is 8.83 Å². The lowest BCUT2D eigenvalue weighted by Crippen LogP contribution is -2.36. The first-order valence-corrected chi connectivity index (χ1v) is 9.02. The van der Waals surface area contributed by atoms with E-state index in [9.17, 15) is 0 Å². The van der Waals surface area contributed by atoms with E-state index in [0.717, 1.165) is 18.1 Å². The summed E-state index contributed by atoms with van der Waals surface area (Å²) in [6, 6.07) is 0. The zero-order valence-corrected chi connectivity index (χ0v) is 16.9. The van der Waals surface area contributed by atoms with Crippen molar-refractivity contribution in [2.24, 2.45) is 4.99 Å². The van der Waals surface area contributed by atoms with E-state index < -0.39 is 0 Å². The van der Waals surface area contributed by atoms with Crippen LogP contribution in [0.2, 0.25) is 0 Å². The van der Waals surface area contributed by atoms with Gasteiger partial charge in [-0.05, 0) is 6.92 Å². The predicted octanol–water partition coefficient (Wildman–Crippen LogP) is 3.51. The van der Waals surface area contributed by atoms with Crippen molar-refractivity contribution in [3.8, 4) is 0 Å². The summed E-state index contributed by atoms with van der Waals surface area (Å²) in [6.07, 6.45) is 3.55. The highest BCUT2D eigenvalue weighted by Gasteiger charge is 2.20. The van der Waals surface area contributed by atoms with Crippen LogP contribution in [0.25, 0.3) is 0 Å². The van der Waals surface area contributed by atoms with Crippen molar-refractivity contribution in [3.63, 3.8) is 0 Å². The number of hydrogen-bond donors (Lipinski definition) is 2. The summed E-state index contributed by atoms with van der Waals surface area (Å²) < 4.78 is 11.6. The number of aliphatic imine (C=N–C) groups is 1. The molecule has 7 heteroatoms. The maximum absolute atomic E-state index is 5.79. The second kappa shape index (κ2) is 7.93. The van der Waals surface area contributed by atoms with Gasteiger partial charge in [0.05, 0.1) is 18.9 Å². The number of aromatic nitrogens is 2. The van der Waals surface area contributed by atoms with Gasteiger partial charge in [0.25, 0.3) is 0 Å². The highest BCUT2D eigenvalue weighted by atomic mass is 16.4. The fourth-order valence-electron chi connectivity index (χ4n) is 2.12. The minimum atomic E-state index is -0.0621. The van der Waals surface area contributed by atoms with Crippen LogP contribution >= 0.6 is 0 Å². The van der Waals surface area contributed by atoms with Gasteiger partial charge in [0.1, 0.15) is 18.1 Å². The Morgan fingerprint density at radius 1 is 0.923 bits per heavy atom. The summed E-state index contributed by atoms with van der Waals surface area (Å²) in [5.74, 6) is 3.62. The van der Waals surface area contributed by atoms with Crippen molar-refractivity contribution >= 4 is 5.96 Å². The van der Waals surface area contributed by atoms with E-state index >= 15 is 0 Å². The van der Waals surface area contributed by atoms with Crippen LogP contribution in [-0.4, -0.2) is 22.5 Å². The van der Waals surface area contributed by atoms with Gasteiger partial charge in [0.15, 0.2) is 5.96 Å². The monoisotopic (exact) mass is 361 g/mol. The molecule has 0 atom stereocenters. The molecule has 2 aromatic rings. The molecule has 0 saturated carbocycles. The van der Waals surface area contributed by atoms with Gasteiger partial charge in [0.2, 0.25) is 11.8 Å². The number of rotatable bonds is 5. The number of guanidine groups is 1. The molecule has 0 unspecified atom stereocenters. The van der Waals surface area contributed by atoms with Crippen LogP contribution in [0, 0.1) is 0 Å². The van der Waals surface area contributed by atoms with E-state index in [2.05, 4.69) is 67.1 Å². The van der Waals surface area contributed by atoms with Crippen molar-refractivity contribution in [2.45, 2.75) is 72.4 Å². The SMILES string of the molecule is CCNC(=NCc1ncc(C(C)(C)C)o1)NCc1ncc(C(C)(C)C)o1. The van der Waals surface area contributed by atoms with Crippen LogP contribution < -0.4 is 10.6 Å². The number of hydrogen-bond acceptors (Lipinski definition) is 5. The summed E-state index contributed by atoms with van der Waals surface area (Å²) in [4.78, 5) is 13.1. The lowest BCUT2D eigenvalue weighted by Gasteiger charge is -2.13. The third-order valence-corrected chi connectivity index (χ3v) is 3.71. The molecule has 2 N–H and O–H groups in total. The minimum absolute atomic E-state index is 0.0560. The molecule has 2 heterocycles. The smallest absolute Gasteiger partial charge is 0.216 e. The average molecular weight is 361 g/mol. The largest absolute Gasteiger partial charge is 0.443 e. The van der Waals surface area contributed by atoms with Gasteiger partial charge in [-0.25, -0.2) is 15.0 Å². The Morgan fingerprint density at radius 3 is 1.96 bits per heavy atom. The summed E-state index contributed by atoms with van der Waals surface area (Å²) >= 11 is 0. The number of nitrogens with zero attached hydrogens (tertiary/aromatic N) is 3. The first-order chi connectivity index (χ1) is 12.1. The topological polar surface area (TPSA) is 88.5 Å². The van der Waals surface area contributed by atoms with Gasteiger partial charge < -0.3 is 19.5 Å². The van der Waals surface area contributed by atoms with Gasteiger partial charge in [-0.3, -0.25) is 0 Å². The summed E-state index contributed by atoms with van der Waals surface area (Å²) in [7, 11) is 0. The fraction of sp³-hybridized carbons (Fsp3) is 0.632.